The van der Waals surface area contributed by atoms with Crippen LogP contribution >= 0.6 is 11.8 Å². The fourth-order valence-electron chi connectivity index (χ4n) is 2.85. The lowest BCUT2D eigenvalue weighted by Gasteiger charge is -2.25. The second-order valence-corrected chi connectivity index (χ2v) is 6.79. The minimum absolute atomic E-state index is 0.00399. The molecule has 0 bridgehead atoms. The first-order valence-electron chi connectivity index (χ1n) is 7.96. The van der Waals surface area contributed by atoms with Crippen LogP contribution in [0.3, 0.4) is 0 Å². The zero-order valence-electron chi connectivity index (χ0n) is 14.5. The molecule has 5 nitrogen and oxygen atoms in total. The molecule has 1 fully saturated rings. The van der Waals surface area contributed by atoms with E-state index in [4.69, 9.17) is 14.2 Å². The third-order valence-electron chi connectivity index (χ3n) is 4.13. The molecule has 1 aliphatic heterocycles. The van der Waals surface area contributed by atoms with E-state index in [1.54, 1.807) is 39.2 Å². The van der Waals surface area contributed by atoms with Gasteiger partial charge in [-0.2, -0.15) is 0 Å². The molecule has 1 heterocycles. The van der Waals surface area contributed by atoms with E-state index in [-0.39, 0.29) is 11.3 Å². The van der Waals surface area contributed by atoms with Gasteiger partial charge < -0.3 is 19.1 Å². The van der Waals surface area contributed by atoms with E-state index in [0.29, 0.717) is 17.9 Å². The summed E-state index contributed by atoms with van der Waals surface area (Å²) in [4.78, 5) is 14.9. The lowest BCUT2D eigenvalue weighted by atomic mass is 10.1. The average Bonchev–Trinajstić information content (AvgIpc) is 3.16. The normalized spacial score (nSPS) is 16.6. The maximum Gasteiger partial charge on any atom is 0.255 e. The van der Waals surface area contributed by atoms with Crippen LogP contribution in [0.1, 0.15) is 21.3 Å². The predicted octanol–water partition coefficient (Wildman–Crippen LogP) is 3.60. The topological polar surface area (TPSA) is 48.0 Å². The Morgan fingerprint density at radius 3 is 2.32 bits per heavy atom. The summed E-state index contributed by atoms with van der Waals surface area (Å²) in [5, 5.41) is -0.0669. The summed E-state index contributed by atoms with van der Waals surface area (Å²) in [7, 11) is 4.85. The Balaban J connectivity index is 1.91. The fourth-order valence-corrected chi connectivity index (χ4v) is 4.08. The molecular formula is C19H21NO4S. The van der Waals surface area contributed by atoms with Gasteiger partial charge in [0.15, 0.2) is 0 Å². The van der Waals surface area contributed by atoms with Gasteiger partial charge >= 0.3 is 0 Å². The summed E-state index contributed by atoms with van der Waals surface area (Å²) < 4.78 is 15.9. The van der Waals surface area contributed by atoms with Crippen molar-refractivity contribution in [2.75, 3.05) is 33.6 Å². The molecule has 6 heteroatoms. The molecule has 2 aromatic rings. The smallest absolute Gasteiger partial charge is 0.255 e. The Morgan fingerprint density at radius 2 is 1.68 bits per heavy atom. The SMILES string of the molecule is COc1cccc(C(=O)N2CCS[C@H]2c2cc(OC)cc(OC)c2)c1. The van der Waals surface area contributed by atoms with Crippen LogP contribution < -0.4 is 14.2 Å². The van der Waals surface area contributed by atoms with Gasteiger partial charge in [0, 0.05) is 23.9 Å². The van der Waals surface area contributed by atoms with Gasteiger partial charge in [0.25, 0.3) is 5.91 Å². The molecule has 1 aliphatic rings. The summed E-state index contributed by atoms with van der Waals surface area (Å²) in [6.07, 6.45) is 0. The van der Waals surface area contributed by atoms with Gasteiger partial charge in [-0.25, -0.2) is 0 Å². The molecule has 0 spiro atoms. The molecular weight excluding hydrogens is 338 g/mol. The molecule has 1 amide bonds. The summed E-state index contributed by atoms with van der Waals surface area (Å²) in [5.41, 5.74) is 1.62. The Labute approximate surface area is 151 Å². The zero-order valence-corrected chi connectivity index (χ0v) is 15.3. The van der Waals surface area contributed by atoms with Crippen molar-refractivity contribution in [1.82, 2.24) is 4.90 Å². The van der Waals surface area contributed by atoms with Crippen LogP contribution in [-0.2, 0) is 0 Å². The first-order valence-corrected chi connectivity index (χ1v) is 9.00. The Hall–Kier alpha value is -2.34. The highest BCUT2D eigenvalue weighted by molar-refractivity contribution is 7.99. The van der Waals surface area contributed by atoms with Gasteiger partial charge in [-0.15, -0.1) is 11.8 Å². The van der Waals surface area contributed by atoms with E-state index >= 15 is 0 Å². The molecule has 3 rings (SSSR count). The standard InChI is InChI=1S/C19H21NO4S/c1-22-15-6-4-5-13(9-15)18(21)20-7-8-25-19(20)14-10-16(23-2)12-17(11-14)24-3/h4-6,9-12,19H,7-8H2,1-3H3/t19-/m0/s1. The number of amides is 1. The third kappa shape index (κ3) is 3.69. The van der Waals surface area contributed by atoms with Gasteiger partial charge in [0.05, 0.1) is 21.3 Å². The van der Waals surface area contributed by atoms with E-state index in [1.165, 1.54) is 0 Å². The second kappa shape index (κ2) is 7.70. The molecule has 25 heavy (non-hydrogen) atoms. The zero-order chi connectivity index (χ0) is 17.8. The van der Waals surface area contributed by atoms with Crippen molar-refractivity contribution in [3.63, 3.8) is 0 Å². The summed E-state index contributed by atoms with van der Waals surface area (Å²) >= 11 is 1.74. The minimum atomic E-state index is -0.0669. The Kier molecular flexibility index (Phi) is 5.38. The molecule has 132 valence electrons. The third-order valence-corrected chi connectivity index (χ3v) is 5.39. The first kappa shape index (κ1) is 17.5. The van der Waals surface area contributed by atoms with E-state index < -0.39 is 0 Å². The Bertz CT molecular complexity index is 743. The van der Waals surface area contributed by atoms with Crippen LogP contribution in [0.15, 0.2) is 42.5 Å². The van der Waals surface area contributed by atoms with Crippen molar-refractivity contribution in [2.45, 2.75) is 5.37 Å². The van der Waals surface area contributed by atoms with E-state index in [0.717, 1.165) is 22.8 Å². The van der Waals surface area contributed by atoms with Gasteiger partial charge in [0.1, 0.15) is 22.6 Å². The van der Waals surface area contributed by atoms with Gasteiger partial charge in [-0.05, 0) is 35.9 Å². The highest BCUT2D eigenvalue weighted by Crippen LogP contribution is 2.41. The molecule has 2 aromatic carbocycles. The highest BCUT2D eigenvalue weighted by atomic mass is 32.2. The summed E-state index contributed by atoms with van der Waals surface area (Å²) in [6.45, 7) is 0.699. The van der Waals surface area contributed by atoms with Gasteiger partial charge in [0.2, 0.25) is 0 Å². The van der Waals surface area contributed by atoms with Crippen molar-refractivity contribution in [2.24, 2.45) is 0 Å². The van der Waals surface area contributed by atoms with Crippen molar-refractivity contribution in [1.29, 1.82) is 0 Å². The molecule has 0 saturated carbocycles. The van der Waals surface area contributed by atoms with Crippen molar-refractivity contribution >= 4 is 17.7 Å². The molecule has 1 saturated heterocycles. The largest absolute Gasteiger partial charge is 0.497 e. The number of nitrogens with zero attached hydrogens (tertiary/aromatic N) is 1. The minimum Gasteiger partial charge on any atom is -0.497 e. The van der Waals surface area contributed by atoms with Crippen LogP contribution in [0.4, 0.5) is 0 Å². The number of ether oxygens (including phenoxy) is 3. The number of hydrogen-bond acceptors (Lipinski definition) is 5. The maximum absolute atomic E-state index is 13.0. The van der Waals surface area contributed by atoms with Crippen molar-refractivity contribution < 1.29 is 19.0 Å². The van der Waals surface area contributed by atoms with Crippen LogP contribution in [0.25, 0.3) is 0 Å². The van der Waals surface area contributed by atoms with Gasteiger partial charge in [-0.3, -0.25) is 4.79 Å². The number of thioether (sulfide) groups is 1. The van der Waals surface area contributed by atoms with E-state index in [9.17, 15) is 4.79 Å². The highest BCUT2D eigenvalue weighted by Gasteiger charge is 2.32. The molecule has 0 unspecified atom stereocenters. The number of benzene rings is 2. The quantitative estimate of drug-likeness (QED) is 0.816. The average molecular weight is 359 g/mol. The van der Waals surface area contributed by atoms with Crippen LogP contribution in [0, 0.1) is 0 Å². The first-order chi connectivity index (χ1) is 12.2. The number of carbonyl (C=O) groups excluding carboxylic acids is 1. The lowest BCUT2D eigenvalue weighted by molar-refractivity contribution is 0.0759. The summed E-state index contributed by atoms with van der Waals surface area (Å²) in [5.74, 6) is 3.00. The van der Waals surface area contributed by atoms with Gasteiger partial charge in [-0.1, -0.05) is 6.07 Å². The second-order valence-electron chi connectivity index (χ2n) is 5.60. The number of carbonyl (C=O) groups is 1. The lowest BCUT2D eigenvalue weighted by Crippen LogP contribution is -2.30. The number of rotatable bonds is 5. The Morgan fingerprint density at radius 1 is 1.00 bits per heavy atom. The predicted molar refractivity (Wildman–Crippen MR) is 98.8 cm³/mol. The van der Waals surface area contributed by atoms with Crippen molar-refractivity contribution in [3.8, 4) is 17.2 Å². The fraction of sp³-hybridized carbons (Fsp3) is 0.316. The van der Waals surface area contributed by atoms with Crippen LogP contribution in [0.2, 0.25) is 0 Å². The molecule has 0 aliphatic carbocycles. The van der Waals surface area contributed by atoms with E-state index in [1.807, 2.05) is 41.3 Å². The monoisotopic (exact) mass is 359 g/mol. The van der Waals surface area contributed by atoms with Crippen molar-refractivity contribution in [3.05, 3.63) is 53.6 Å². The molecule has 0 aromatic heterocycles. The number of hydrogen-bond donors (Lipinski definition) is 0. The van der Waals surface area contributed by atoms with Crippen LogP contribution in [-0.4, -0.2) is 44.4 Å². The summed E-state index contributed by atoms with van der Waals surface area (Å²) in [6, 6.07) is 13.0. The molecule has 0 radical (unpaired) electrons. The van der Waals surface area contributed by atoms with Crippen LogP contribution in [0.5, 0.6) is 17.2 Å². The molecule has 0 N–H and O–H groups in total. The molecule has 1 atom stereocenters. The number of methoxy groups -OCH3 is 3. The van der Waals surface area contributed by atoms with E-state index in [2.05, 4.69) is 0 Å². The maximum atomic E-state index is 13.0.